The number of hydrogen-bond acceptors (Lipinski definition) is 6. The molecule has 2 amide bonds. The van der Waals surface area contributed by atoms with Crippen molar-refractivity contribution in [2.24, 2.45) is 0 Å². The summed E-state index contributed by atoms with van der Waals surface area (Å²) in [5, 5.41) is 11.7. The van der Waals surface area contributed by atoms with Gasteiger partial charge in [-0.3, -0.25) is 0 Å². The quantitative estimate of drug-likeness (QED) is 0.317. The summed E-state index contributed by atoms with van der Waals surface area (Å²) in [5.41, 5.74) is 4.44. The summed E-state index contributed by atoms with van der Waals surface area (Å²) in [6.07, 6.45) is -3.48. The molecule has 5 N–H and O–H groups in total. The molecule has 4 rings (SSSR count). The van der Waals surface area contributed by atoms with Gasteiger partial charge in [-0.25, -0.2) is 9.89 Å². The normalized spacial score (nSPS) is 14.9. The van der Waals surface area contributed by atoms with Crippen molar-refractivity contribution in [2.75, 3.05) is 24.1 Å². The zero-order chi connectivity index (χ0) is 27.7. The molecular formula is C25H29ClF3N7O2. The minimum absolute atomic E-state index is 0.0154. The van der Waals surface area contributed by atoms with Crippen LogP contribution in [0.2, 0.25) is 5.02 Å². The summed E-state index contributed by atoms with van der Waals surface area (Å²) >= 11 is 6.34. The summed E-state index contributed by atoms with van der Waals surface area (Å²) in [6, 6.07) is 8.53. The topological polar surface area (TPSA) is 121 Å². The predicted octanol–water partition coefficient (Wildman–Crippen LogP) is 5.82. The fourth-order valence-corrected chi connectivity index (χ4v) is 4.45. The lowest BCUT2D eigenvalue weighted by Crippen LogP contribution is -2.51. The van der Waals surface area contributed by atoms with Crippen LogP contribution in [0, 0.1) is 0 Å². The van der Waals surface area contributed by atoms with E-state index in [2.05, 4.69) is 25.8 Å². The number of rotatable bonds is 5. The Morgan fingerprint density at radius 1 is 1.16 bits per heavy atom. The van der Waals surface area contributed by atoms with Crippen molar-refractivity contribution in [3.8, 4) is 16.9 Å². The Bertz CT molecular complexity index is 1280. The molecule has 13 heteroatoms. The molecule has 1 aromatic heterocycles. The van der Waals surface area contributed by atoms with E-state index in [-0.39, 0.29) is 51.4 Å². The van der Waals surface area contributed by atoms with E-state index >= 15 is 0 Å². The third-order valence-corrected chi connectivity index (χ3v) is 6.11. The van der Waals surface area contributed by atoms with Crippen molar-refractivity contribution in [2.45, 2.75) is 51.4 Å². The number of carbonyl (C=O) groups excluding carboxylic acids is 1. The van der Waals surface area contributed by atoms with Gasteiger partial charge < -0.3 is 26.0 Å². The summed E-state index contributed by atoms with van der Waals surface area (Å²) in [6.45, 7) is 6.88. The number of nitrogen functional groups attached to an aromatic ring is 1. The molecule has 0 spiro atoms. The van der Waals surface area contributed by atoms with Crippen LogP contribution in [0.25, 0.3) is 11.1 Å². The number of hydrogen-bond donors (Lipinski definition) is 4. The van der Waals surface area contributed by atoms with E-state index in [1.54, 1.807) is 29.2 Å². The highest BCUT2D eigenvalue weighted by Crippen LogP contribution is 2.43. The van der Waals surface area contributed by atoms with Crippen molar-refractivity contribution >= 4 is 35.2 Å². The van der Waals surface area contributed by atoms with Gasteiger partial charge >= 0.3 is 12.2 Å². The minimum Gasteiger partial charge on any atom is -0.490 e. The van der Waals surface area contributed by atoms with E-state index in [1.807, 2.05) is 20.8 Å². The molecule has 1 aliphatic heterocycles. The zero-order valence-corrected chi connectivity index (χ0v) is 21.9. The van der Waals surface area contributed by atoms with Crippen LogP contribution in [0.15, 0.2) is 36.4 Å². The molecule has 0 radical (unpaired) electrons. The van der Waals surface area contributed by atoms with Gasteiger partial charge in [-0.05, 0) is 50.6 Å². The SMILES string of the molecule is CC(C)(C)NC(=O)N1CCC(Oc2ccc(-c3c(Cl)cc(Nc4n[nH]c(N)n4)cc3C(F)(F)F)cc2)CC1. The Labute approximate surface area is 222 Å². The molecule has 0 unspecified atom stereocenters. The summed E-state index contributed by atoms with van der Waals surface area (Å²) in [5.74, 6) is 0.559. The van der Waals surface area contributed by atoms with Crippen LogP contribution in [0.1, 0.15) is 39.2 Å². The van der Waals surface area contributed by atoms with Crippen LogP contribution in [0.3, 0.4) is 0 Å². The lowest BCUT2D eigenvalue weighted by molar-refractivity contribution is -0.137. The number of nitrogens with two attached hydrogens (primary N) is 1. The van der Waals surface area contributed by atoms with Gasteiger partial charge in [0.15, 0.2) is 0 Å². The van der Waals surface area contributed by atoms with Crippen LogP contribution in [0.5, 0.6) is 5.75 Å². The van der Waals surface area contributed by atoms with Crippen LogP contribution in [-0.2, 0) is 6.18 Å². The van der Waals surface area contributed by atoms with E-state index in [0.29, 0.717) is 31.7 Å². The average Bonchev–Trinajstić information content (AvgIpc) is 3.22. The predicted molar refractivity (Wildman–Crippen MR) is 139 cm³/mol. The van der Waals surface area contributed by atoms with E-state index in [4.69, 9.17) is 22.1 Å². The minimum atomic E-state index is -4.67. The first-order valence-corrected chi connectivity index (χ1v) is 12.4. The molecule has 0 bridgehead atoms. The lowest BCUT2D eigenvalue weighted by Gasteiger charge is -2.34. The number of piperidine rings is 1. The molecule has 1 aliphatic rings. The van der Waals surface area contributed by atoms with Crippen molar-refractivity contribution < 1.29 is 22.7 Å². The number of amides is 2. The Morgan fingerprint density at radius 3 is 2.37 bits per heavy atom. The van der Waals surface area contributed by atoms with Crippen LogP contribution < -0.4 is 21.1 Å². The molecule has 0 saturated carbocycles. The fraction of sp³-hybridized carbons (Fsp3) is 0.400. The first kappa shape index (κ1) is 27.4. The Morgan fingerprint density at radius 2 is 1.82 bits per heavy atom. The number of alkyl halides is 3. The van der Waals surface area contributed by atoms with Crippen molar-refractivity contribution in [3.63, 3.8) is 0 Å². The van der Waals surface area contributed by atoms with Gasteiger partial charge in [0.25, 0.3) is 0 Å². The Hall–Kier alpha value is -3.67. The number of halogens is 4. The maximum Gasteiger partial charge on any atom is 0.417 e. The van der Waals surface area contributed by atoms with Crippen LogP contribution >= 0.6 is 11.6 Å². The summed E-state index contributed by atoms with van der Waals surface area (Å²) in [7, 11) is 0. The van der Waals surface area contributed by atoms with Gasteiger partial charge in [0.1, 0.15) is 11.9 Å². The van der Waals surface area contributed by atoms with Crippen LogP contribution in [-0.4, -0.2) is 50.8 Å². The van der Waals surface area contributed by atoms with Crippen LogP contribution in [0.4, 0.5) is 35.5 Å². The first-order valence-electron chi connectivity index (χ1n) is 12.0. The van der Waals surface area contributed by atoms with E-state index in [9.17, 15) is 18.0 Å². The first-order chi connectivity index (χ1) is 17.8. The molecule has 1 saturated heterocycles. The number of anilines is 3. The molecule has 38 heavy (non-hydrogen) atoms. The number of aromatic amines is 1. The van der Waals surface area contributed by atoms with Gasteiger partial charge in [-0.15, -0.1) is 5.10 Å². The van der Waals surface area contributed by atoms with Crippen molar-refractivity contribution in [1.29, 1.82) is 0 Å². The molecule has 0 aliphatic carbocycles. The third kappa shape index (κ3) is 6.80. The number of benzene rings is 2. The zero-order valence-electron chi connectivity index (χ0n) is 21.1. The van der Waals surface area contributed by atoms with E-state index < -0.39 is 11.7 Å². The van der Waals surface area contributed by atoms with Gasteiger partial charge in [0, 0.05) is 42.7 Å². The second-order valence-corrected chi connectivity index (χ2v) is 10.5. The molecule has 9 nitrogen and oxygen atoms in total. The summed E-state index contributed by atoms with van der Waals surface area (Å²) in [4.78, 5) is 17.9. The standard InChI is InChI=1S/C25H29ClF3N7O2/c1-24(2,3)33-23(37)36-10-8-17(9-11-36)38-16-6-4-14(5-7-16)20-18(25(27,28)29)12-15(13-19(20)26)31-22-32-21(30)34-35-22/h4-7,12-13,17H,8-11H2,1-3H3,(H,33,37)(H4,30,31,32,34,35). The van der Waals surface area contributed by atoms with Crippen molar-refractivity contribution in [1.82, 2.24) is 25.4 Å². The van der Waals surface area contributed by atoms with E-state index in [1.165, 1.54) is 6.07 Å². The molecule has 204 valence electrons. The number of nitrogens with one attached hydrogen (secondary N) is 3. The van der Waals surface area contributed by atoms with E-state index in [0.717, 1.165) is 6.07 Å². The highest BCUT2D eigenvalue weighted by Gasteiger charge is 2.35. The van der Waals surface area contributed by atoms with Gasteiger partial charge in [0.05, 0.1) is 10.6 Å². The number of aromatic nitrogens is 3. The molecule has 0 atom stereocenters. The monoisotopic (exact) mass is 551 g/mol. The van der Waals surface area contributed by atoms with Gasteiger partial charge in [-0.1, -0.05) is 23.7 Å². The summed E-state index contributed by atoms with van der Waals surface area (Å²) < 4.78 is 48.1. The molecular weight excluding hydrogens is 523 g/mol. The molecule has 2 aromatic carbocycles. The molecule has 1 fully saturated rings. The number of carbonyl (C=O) groups is 1. The maximum atomic E-state index is 14.0. The smallest absolute Gasteiger partial charge is 0.417 e. The highest BCUT2D eigenvalue weighted by atomic mass is 35.5. The van der Waals surface area contributed by atoms with Gasteiger partial charge in [-0.2, -0.15) is 18.2 Å². The van der Waals surface area contributed by atoms with Crippen molar-refractivity contribution in [3.05, 3.63) is 47.0 Å². The number of nitrogens with zero attached hydrogens (tertiary/aromatic N) is 3. The number of ether oxygens (including phenoxy) is 1. The third-order valence-electron chi connectivity index (χ3n) is 5.81. The number of urea groups is 1. The lowest BCUT2D eigenvalue weighted by atomic mass is 9.98. The second kappa shape index (κ2) is 10.6. The largest absolute Gasteiger partial charge is 0.490 e. The fourth-order valence-electron chi connectivity index (χ4n) is 4.12. The molecule has 2 heterocycles. The molecule has 3 aromatic rings. The second-order valence-electron chi connectivity index (χ2n) is 10.1. The number of H-pyrrole nitrogens is 1. The average molecular weight is 552 g/mol. The Balaban J connectivity index is 1.46. The maximum absolute atomic E-state index is 14.0. The number of likely N-dealkylation sites (tertiary alicyclic amines) is 1. The Kier molecular flexibility index (Phi) is 7.63. The van der Waals surface area contributed by atoms with Gasteiger partial charge in [0.2, 0.25) is 11.9 Å². The highest BCUT2D eigenvalue weighted by molar-refractivity contribution is 6.34.